The van der Waals surface area contributed by atoms with Crippen molar-refractivity contribution in [3.05, 3.63) is 18.1 Å². The monoisotopic (exact) mass is 351 g/mol. The quantitative estimate of drug-likeness (QED) is 0.300. The van der Waals surface area contributed by atoms with E-state index in [0.717, 1.165) is 32.7 Å². The molecule has 0 spiro atoms. The Morgan fingerprint density at radius 2 is 1.05 bits per heavy atom. The molecule has 0 saturated heterocycles. The van der Waals surface area contributed by atoms with Crippen molar-refractivity contribution in [1.29, 1.82) is 0 Å². The molecule has 0 aromatic carbocycles. The Hall–Kier alpha value is 0.463. The Balaban J connectivity index is -0.00000162. The van der Waals surface area contributed by atoms with Gasteiger partial charge in [0.2, 0.25) is 0 Å². The minimum absolute atomic E-state index is 0. The molecule has 0 aromatic rings. The number of nitrogens with zero attached hydrogens (tertiary/aromatic N) is 2. The normalized spacial score (nSPS) is 13.7. The van der Waals surface area contributed by atoms with Crippen molar-refractivity contribution < 1.29 is 29.0 Å². The van der Waals surface area contributed by atoms with Crippen molar-refractivity contribution in [2.75, 3.05) is 26.3 Å². The Kier molecular flexibility index (Phi) is 21.1. The zero-order valence-corrected chi connectivity index (χ0v) is 18.2. The van der Waals surface area contributed by atoms with E-state index in [9.17, 15) is 0 Å². The van der Waals surface area contributed by atoms with Crippen LogP contribution in [0.2, 0.25) is 0 Å². The van der Waals surface area contributed by atoms with Crippen LogP contribution in [0.5, 0.6) is 0 Å². The first-order chi connectivity index (χ1) is 8.91. The number of hydrogen-bond acceptors (Lipinski definition) is 2. The van der Waals surface area contributed by atoms with Crippen LogP contribution >= 0.6 is 0 Å². The van der Waals surface area contributed by atoms with Gasteiger partial charge in [0, 0.05) is 32.7 Å². The fourth-order valence-corrected chi connectivity index (χ4v) is 1.77. The molecule has 0 aromatic heterocycles. The van der Waals surface area contributed by atoms with E-state index in [4.69, 9.17) is 9.47 Å². The van der Waals surface area contributed by atoms with Gasteiger partial charge in [-0.15, -0.1) is 25.2 Å². The van der Waals surface area contributed by atoms with Gasteiger partial charge in [-0.05, 0) is 27.7 Å². The van der Waals surface area contributed by atoms with Crippen LogP contribution in [0.15, 0.2) is 0 Å². The summed E-state index contributed by atoms with van der Waals surface area (Å²) >= 11 is 0. The van der Waals surface area contributed by atoms with Gasteiger partial charge >= 0.3 is 0 Å². The second-order valence-electron chi connectivity index (χ2n) is 5.59. The summed E-state index contributed by atoms with van der Waals surface area (Å²) in [6.07, 6.45) is 1.59. The Morgan fingerprint density at radius 3 is 1.33 bits per heavy atom. The maximum Gasteiger partial charge on any atom is 0.0517 e. The van der Waals surface area contributed by atoms with Gasteiger partial charge in [-0.25, -0.2) is 0 Å². The van der Waals surface area contributed by atoms with Crippen LogP contribution in [-0.4, -0.2) is 50.6 Å². The summed E-state index contributed by atoms with van der Waals surface area (Å²) in [5.41, 5.74) is 0. The molecule has 5 heteroatoms. The van der Waals surface area contributed by atoms with Crippen LogP contribution < -0.4 is 0 Å². The largest absolute Gasteiger partial charge is 0.658 e. The molecule has 2 atom stereocenters. The van der Waals surface area contributed by atoms with Crippen molar-refractivity contribution in [2.45, 2.75) is 72.3 Å². The standard InChI is InChI=1S/C15H32N2O2.CH3.Zn/c1-12(2)18-9-7-16-14(5)11-15(6)17-8-10-19-13(3)4;;/h12-15H,7-11H2,1-6H3;1H3;/q-2;-1;. The Labute approximate surface area is 145 Å². The van der Waals surface area contributed by atoms with E-state index in [1.54, 1.807) is 0 Å². The maximum absolute atomic E-state index is 5.47. The van der Waals surface area contributed by atoms with E-state index in [2.05, 4.69) is 24.5 Å². The van der Waals surface area contributed by atoms with Crippen molar-refractivity contribution >= 4 is 0 Å². The third kappa shape index (κ3) is 20.5. The molecule has 0 bridgehead atoms. The first kappa shape index (κ1) is 26.4. The summed E-state index contributed by atoms with van der Waals surface area (Å²) < 4.78 is 10.9. The summed E-state index contributed by atoms with van der Waals surface area (Å²) in [6, 6.07) is 0.695. The van der Waals surface area contributed by atoms with Crippen molar-refractivity contribution in [2.24, 2.45) is 0 Å². The molecule has 0 rings (SSSR count). The first-order valence-corrected chi connectivity index (χ1v) is 7.48. The molecule has 0 aliphatic heterocycles. The third-order valence-electron chi connectivity index (χ3n) is 2.65. The van der Waals surface area contributed by atoms with Gasteiger partial charge in [-0.3, -0.25) is 0 Å². The van der Waals surface area contributed by atoms with E-state index < -0.39 is 0 Å². The fraction of sp³-hybridized carbons (Fsp3) is 0.938. The Bertz CT molecular complexity index is 185. The summed E-state index contributed by atoms with van der Waals surface area (Å²) in [5, 5.41) is 9.15. The molecular weight excluding hydrogens is 318 g/mol. The zero-order chi connectivity index (χ0) is 14.7. The summed E-state index contributed by atoms with van der Waals surface area (Å²) in [7, 11) is 0. The predicted molar refractivity (Wildman–Crippen MR) is 88.6 cm³/mol. The van der Waals surface area contributed by atoms with Crippen LogP contribution in [0, 0.1) is 7.43 Å². The van der Waals surface area contributed by atoms with Gasteiger partial charge in [0.05, 0.1) is 12.2 Å². The molecule has 4 nitrogen and oxygen atoms in total. The van der Waals surface area contributed by atoms with E-state index >= 15 is 0 Å². The molecule has 126 valence electrons. The topological polar surface area (TPSA) is 46.7 Å². The van der Waals surface area contributed by atoms with Crippen LogP contribution in [0.25, 0.3) is 10.6 Å². The summed E-state index contributed by atoms with van der Waals surface area (Å²) in [5.74, 6) is 0. The average molecular weight is 353 g/mol. The van der Waals surface area contributed by atoms with E-state index in [0.29, 0.717) is 24.3 Å². The fourth-order valence-electron chi connectivity index (χ4n) is 1.77. The van der Waals surface area contributed by atoms with Gasteiger partial charge in [-0.1, -0.05) is 20.3 Å². The number of rotatable bonds is 12. The predicted octanol–water partition coefficient (Wildman–Crippen LogP) is 4.20. The molecule has 0 heterocycles. The van der Waals surface area contributed by atoms with Crippen LogP contribution in [0.3, 0.4) is 0 Å². The summed E-state index contributed by atoms with van der Waals surface area (Å²) in [4.78, 5) is 0. The Morgan fingerprint density at radius 1 is 0.714 bits per heavy atom. The average Bonchev–Trinajstić information content (AvgIpc) is 2.30. The molecule has 0 radical (unpaired) electrons. The minimum Gasteiger partial charge on any atom is -0.658 e. The molecular formula is C16H35N2O2Zn-3. The van der Waals surface area contributed by atoms with Crippen LogP contribution in [0.1, 0.15) is 48.0 Å². The van der Waals surface area contributed by atoms with Crippen LogP contribution in [0.4, 0.5) is 0 Å². The molecule has 21 heavy (non-hydrogen) atoms. The molecule has 0 aliphatic carbocycles. The molecule has 0 aliphatic rings. The molecule has 0 N–H and O–H groups in total. The van der Waals surface area contributed by atoms with Crippen LogP contribution in [-0.2, 0) is 29.0 Å². The third-order valence-corrected chi connectivity index (χ3v) is 2.65. The van der Waals surface area contributed by atoms with Crippen molar-refractivity contribution in [3.63, 3.8) is 0 Å². The summed E-state index contributed by atoms with van der Waals surface area (Å²) in [6.45, 7) is 15.5. The van der Waals surface area contributed by atoms with Gasteiger partial charge in [0.15, 0.2) is 0 Å². The molecule has 2 unspecified atom stereocenters. The molecule has 0 amide bonds. The minimum atomic E-state index is 0. The van der Waals surface area contributed by atoms with Crippen molar-refractivity contribution in [1.82, 2.24) is 0 Å². The van der Waals surface area contributed by atoms with E-state index in [1.165, 1.54) is 0 Å². The van der Waals surface area contributed by atoms with E-state index in [1.807, 2.05) is 27.7 Å². The zero-order valence-electron chi connectivity index (χ0n) is 15.3. The number of ether oxygens (including phenoxy) is 2. The van der Waals surface area contributed by atoms with Gasteiger partial charge in [-0.2, -0.15) is 0 Å². The van der Waals surface area contributed by atoms with Crippen molar-refractivity contribution in [3.8, 4) is 0 Å². The molecule has 0 fully saturated rings. The van der Waals surface area contributed by atoms with E-state index in [-0.39, 0.29) is 26.9 Å². The maximum atomic E-state index is 5.47. The second-order valence-corrected chi connectivity index (χ2v) is 5.59. The number of hydrogen-bond donors (Lipinski definition) is 0. The second kappa shape index (κ2) is 16.8. The smallest absolute Gasteiger partial charge is 0.0517 e. The first-order valence-electron chi connectivity index (χ1n) is 7.48. The van der Waals surface area contributed by atoms with Gasteiger partial charge in [0.1, 0.15) is 0 Å². The SMILES string of the molecule is CC(CC(C)[N-]CCOC(C)C)[N-]CCOC(C)C.[CH3-].[Zn]. The van der Waals surface area contributed by atoms with Gasteiger partial charge < -0.3 is 27.5 Å². The van der Waals surface area contributed by atoms with Gasteiger partial charge in [0.25, 0.3) is 0 Å². The molecule has 0 saturated carbocycles.